The predicted molar refractivity (Wildman–Crippen MR) is 81.3 cm³/mol. The number of carbonyl (C=O) groups excluding carboxylic acids is 1. The Morgan fingerprint density at radius 2 is 2.05 bits per heavy atom. The molecule has 0 aliphatic heterocycles. The van der Waals surface area contributed by atoms with Gasteiger partial charge in [-0.1, -0.05) is 0 Å². The van der Waals surface area contributed by atoms with Gasteiger partial charge in [-0.05, 0) is 32.0 Å². The minimum atomic E-state index is -0.0664. The average molecular weight is 301 g/mol. The summed E-state index contributed by atoms with van der Waals surface area (Å²) in [5, 5.41) is 8.85. The van der Waals surface area contributed by atoms with Crippen molar-refractivity contribution >= 4 is 17.1 Å². The zero-order chi connectivity index (χ0) is 15.4. The maximum Gasteiger partial charge on any atom is 0.201 e. The number of hydrogen-bond donors (Lipinski definition) is 0. The fourth-order valence-corrected chi connectivity index (χ4v) is 2.93. The summed E-state index contributed by atoms with van der Waals surface area (Å²) in [6.45, 7) is 3.84. The number of ketones is 1. The van der Waals surface area contributed by atoms with E-state index < -0.39 is 0 Å². The van der Waals surface area contributed by atoms with E-state index in [4.69, 9.17) is 14.7 Å². The molecule has 2 aromatic rings. The van der Waals surface area contributed by atoms with Gasteiger partial charge in [0.1, 0.15) is 0 Å². The lowest BCUT2D eigenvalue weighted by Crippen LogP contribution is -2.12. The predicted octanol–water partition coefficient (Wildman–Crippen LogP) is 3.51. The van der Waals surface area contributed by atoms with Crippen molar-refractivity contribution in [1.82, 2.24) is 0 Å². The number of thiophene rings is 1. The van der Waals surface area contributed by atoms with Crippen LogP contribution in [0.3, 0.4) is 0 Å². The molecule has 5 heteroatoms. The van der Waals surface area contributed by atoms with Crippen molar-refractivity contribution < 1.29 is 14.3 Å². The average Bonchev–Trinajstić information content (AvgIpc) is 2.83. The lowest BCUT2D eigenvalue weighted by atomic mass is 10.1. The Bertz CT molecular complexity index is 713. The Balaban J connectivity index is 2.11. The molecule has 0 aliphatic carbocycles. The van der Waals surface area contributed by atoms with E-state index in [1.165, 1.54) is 7.11 Å². The highest BCUT2D eigenvalue weighted by atomic mass is 32.1. The van der Waals surface area contributed by atoms with E-state index >= 15 is 0 Å². The summed E-state index contributed by atoms with van der Waals surface area (Å²) in [6, 6.07) is 8.75. The van der Waals surface area contributed by atoms with Crippen LogP contribution in [0.1, 0.15) is 25.7 Å². The molecule has 1 aromatic carbocycles. The van der Waals surface area contributed by atoms with Crippen molar-refractivity contribution in [2.75, 3.05) is 13.7 Å². The van der Waals surface area contributed by atoms with E-state index in [0.717, 1.165) is 9.75 Å². The molecule has 0 bridgehead atoms. The number of ether oxygens (including phenoxy) is 2. The van der Waals surface area contributed by atoms with Crippen LogP contribution in [-0.4, -0.2) is 19.5 Å². The first-order valence-corrected chi connectivity index (χ1v) is 7.18. The molecule has 0 aliphatic rings. The lowest BCUT2D eigenvalue weighted by Gasteiger charge is -2.10. The number of hydrogen-bond acceptors (Lipinski definition) is 5. The highest BCUT2D eigenvalue weighted by Crippen LogP contribution is 2.28. The van der Waals surface area contributed by atoms with Gasteiger partial charge in [-0.15, -0.1) is 11.3 Å². The van der Waals surface area contributed by atoms with Crippen molar-refractivity contribution in [2.45, 2.75) is 13.8 Å². The quantitative estimate of drug-likeness (QED) is 0.793. The zero-order valence-corrected chi connectivity index (χ0v) is 12.9. The molecule has 0 spiro atoms. The molecule has 0 unspecified atom stereocenters. The maximum absolute atomic E-state index is 12.2. The topological polar surface area (TPSA) is 59.3 Å². The van der Waals surface area contributed by atoms with E-state index in [1.807, 2.05) is 26.0 Å². The van der Waals surface area contributed by atoms with Gasteiger partial charge < -0.3 is 9.47 Å². The van der Waals surface area contributed by atoms with Crippen LogP contribution in [-0.2, 0) is 0 Å². The minimum absolute atomic E-state index is 0.0563. The molecule has 4 nitrogen and oxygen atoms in total. The Labute approximate surface area is 127 Å². The second-order valence-corrected chi connectivity index (χ2v) is 5.98. The fraction of sp³-hybridized carbons (Fsp3) is 0.250. The van der Waals surface area contributed by atoms with Gasteiger partial charge in [0.2, 0.25) is 5.78 Å². The van der Waals surface area contributed by atoms with Gasteiger partial charge in [-0.3, -0.25) is 4.79 Å². The summed E-state index contributed by atoms with van der Waals surface area (Å²) >= 11 is 1.59. The molecule has 1 aromatic heterocycles. The SMILES string of the molecule is COc1cc(C#N)ccc1OCC(=O)c1cc(C)sc1C. The summed E-state index contributed by atoms with van der Waals surface area (Å²) in [5.74, 6) is 0.831. The van der Waals surface area contributed by atoms with Crippen LogP contribution in [0.5, 0.6) is 11.5 Å². The van der Waals surface area contributed by atoms with Gasteiger partial charge in [0.15, 0.2) is 18.1 Å². The first kappa shape index (κ1) is 15.1. The largest absolute Gasteiger partial charge is 0.493 e. The first-order valence-electron chi connectivity index (χ1n) is 6.36. The van der Waals surface area contributed by atoms with Crippen LogP contribution in [0.4, 0.5) is 0 Å². The molecular formula is C16H15NO3S. The number of Topliss-reactive ketones (excluding diaryl/α,β-unsaturated/α-hetero) is 1. The van der Waals surface area contributed by atoms with Crippen LogP contribution in [0, 0.1) is 25.2 Å². The fourth-order valence-electron chi connectivity index (χ4n) is 1.99. The monoisotopic (exact) mass is 301 g/mol. The second-order valence-electron chi connectivity index (χ2n) is 4.52. The number of methoxy groups -OCH3 is 1. The highest BCUT2D eigenvalue weighted by molar-refractivity contribution is 7.12. The van der Waals surface area contributed by atoms with Crippen LogP contribution in [0.15, 0.2) is 24.3 Å². The van der Waals surface area contributed by atoms with E-state index in [1.54, 1.807) is 29.5 Å². The molecule has 0 atom stereocenters. The summed E-state index contributed by atoms with van der Waals surface area (Å²) in [5.41, 5.74) is 1.18. The smallest absolute Gasteiger partial charge is 0.201 e. The molecule has 0 fully saturated rings. The third-order valence-electron chi connectivity index (χ3n) is 2.99. The molecule has 0 saturated heterocycles. The first-order chi connectivity index (χ1) is 10.0. The minimum Gasteiger partial charge on any atom is -0.493 e. The van der Waals surface area contributed by atoms with Gasteiger partial charge in [-0.25, -0.2) is 0 Å². The van der Waals surface area contributed by atoms with E-state index in [0.29, 0.717) is 22.6 Å². The third kappa shape index (κ3) is 3.41. The number of aryl methyl sites for hydroxylation is 2. The molecular weight excluding hydrogens is 286 g/mol. The summed E-state index contributed by atoms with van der Waals surface area (Å²) in [4.78, 5) is 14.3. The summed E-state index contributed by atoms with van der Waals surface area (Å²) in [6.07, 6.45) is 0. The van der Waals surface area contributed by atoms with Crippen molar-refractivity contribution in [3.05, 3.63) is 45.1 Å². The maximum atomic E-state index is 12.2. The summed E-state index contributed by atoms with van der Waals surface area (Å²) in [7, 11) is 1.50. The number of nitrogens with zero attached hydrogens (tertiary/aromatic N) is 1. The zero-order valence-electron chi connectivity index (χ0n) is 12.1. The van der Waals surface area contributed by atoms with Gasteiger partial charge >= 0.3 is 0 Å². The molecule has 21 heavy (non-hydrogen) atoms. The van der Waals surface area contributed by atoms with Crippen LogP contribution < -0.4 is 9.47 Å². The second kappa shape index (κ2) is 6.42. The van der Waals surface area contributed by atoms with Gasteiger partial charge in [-0.2, -0.15) is 5.26 Å². The number of nitriles is 1. The van der Waals surface area contributed by atoms with E-state index in [9.17, 15) is 4.79 Å². The molecule has 0 amide bonds. The standard InChI is InChI=1S/C16H15NO3S/c1-10-6-13(11(2)21-10)14(18)9-20-15-5-4-12(8-17)7-16(15)19-3/h4-7H,9H2,1-3H3. The normalized spacial score (nSPS) is 10.0. The molecule has 108 valence electrons. The number of rotatable bonds is 5. The molecule has 0 radical (unpaired) electrons. The van der Waals surface area contributed by atoms with Crippen molar-refractivity contribution in [1.29, 1.82) is 5.26 Å². The Morgan fingerprint density at radius 3 is 2.62 bits per heavy atom. The van der Waals surface area contributed by atoms with Crippen LogP contribution >= 0.6 is 11.3 Å². The molecule has 2 rings (SSSR count). The van der Waals surface area contributed by atoms with Crippen LogP contribution in [0.2, 0.25) is 0 Å². The lowest BCUT2D eigenvalue weighted by molar-refractivity contribution is 0.0919. The summed E-state index contributed by atoms with van der Waals surface area (Å²) < 4.78 is 10.7. The number of carbonyl (C=O) groups is 1. The Hall–Kier alpha value is -2.32. The van der Waals surface area contributed by atoms with E-state index in [2.05, 4.69) is 0 Å². The molecule has 1 heterocycles. The highest BCUT2D eigenvalue weighted by Gasteiger charge is 2.14. The van der Waals surface area contributed by atoms with Gasteiger partial charge in [0.05, 0.1) is 18.7 Å². The Morgan fingerprint density at radius 1 is 1.29 bits per heavy atom. The van der Waals surface area contributed by atoms with Gasteiger partial charge in [0.25, 0.3) is 0 Å². The van der Waals surface area contributed by atoms with Crippen LogP contribution in [0.25, 0.3) is 0 Å². The molecule has 0 saturated carbocycles. The van der Waals surface area contributed by atoms with Crippen molar-refractivity contribution in [3.8, 4) is 17.6 Å². The van der Waals surface area contributed by atoms with E-state index in [-0.39, 0.29) is 12.4 Å². The van der Waals surface area contributed by atoms with Gasteiger partial charge in [0, 0.05) is 21.4 Å². The Kier molecular flexibility index (Phi) is 4.61. The molecule has 0 N–H and O–H groups in total. The number of benzene rings is 1. The third-order valence-corrected chi connectivity index (χ3v) is 3.96. The van der Waals surface area contributed by atoms with Crippen molar-refractivity contribution in [2.24, 2.45) is 0 Å². The van der Waals surface area contributed by atoms with Crippen molar-refractivity contribution in [3.63, 3.8) is 0 Å².